The van der Waals surface area contributed by atoms with Crippen LogP contribution in [-0.2, 0) is 6.54 Å². The Bertz CT molecular complexity index is 362. The second kappa shape index (κ2) is 7.98. The minimum absolute atomic E-state index is 0.557. The van der Waals surface area contributed by atoms with Gasteiger partial charge in [-0.3, -0.25) is 4.90 Å². The minimum Gasteiger partial charge on any atom is -0.316 e. The number of rotatable bonds is 8. The molecule has 0 fully saturated rings. The summed E-state index contributed by atoms with van der Waals surface area (Å²) in [6, 6.07) is 0.557. The molecule has 1 rings (SSSR count). The summed E-state index contributed by atoms with van der Waals surface area (Å²) < 4.78 is 0. The molecule has 0 aliphatic carbocycles. The summed E-state index contributed by atoms with van der Waals surface area (Å²) >= 11 is 1.73. The molecule has 19 heavy (non-hydrogen) atoms. The Morgan fingerprint density at radius 3 is 2.47 bits per heavy atom. The van der Waals surface area contributed by atoms with Crippen molar-refractivity contribution in [2.75, 3.05) is 20.1 Å². The van der Waals surface area contributed by atoms with Crippen molar-refractivity contribution >= 4 is 11.3 Å². The Morgan fingerprint density at radius 2 is 1.95 bits per heavy atom. The number of hydrogen-bond acceptors (Lipinski definition) is 4. The van der Waals surface area contributed by atoms with E-state index in [1.165, 1.54) is 5.69 Å². The van der Waals surface area contributed by atoms with E-state index < -0.39 is 0 Å². The molecule has 0 spiro atoms. The smallest absolute Gasteiger partial charge is 0.0897 e. The topological polar surface area (TPSA) is 28.2 Å². The monoisotopic (exact) mass is 283 g/mol. The van der Waals surface area contributed by atoms with Crippen LogP contribution in [0.2, 0.25) is 0 Å². The lowest BCUT2D eigenvalue weighted by Crippen LogP contribution is -2.39. The van der Waals surface area contributed by atoms with E-state index >= 15 is 0 Å². The maximum absolute atomic E-state index is 4.54. The first kappa shape index (κ1) is 16.6. The molecule has 2 atom stereocenters. The average Bonchev–Trinajstić information content (AvgIpc) is 2.73. The molecule has 0 radical (unpaired) electrons. The van der Waals surface area contributed by atoms with E-state index in [1.807, 2.05) is 0 Å². The van der Waals surface area contributed by atoms with Crippen molar-refractivity contribution < 1.29 is 0 Å². The van der Waals surface area contributed by atoms with E-state index in [0.717, 1.165) is 30.6 Å². The highest BCUT2D eigenvalue weighted by molar-refractivity contribution is 7.09. The van der Waals surface area contributed by atoms with Gasteiger partial charge in [-0.2, -0.15) is 0 Å². The van der Waals surface area contributed by atoms with Gasteiger partial charge in [0.2, 0.25) is 0 Å². The van der Waals surface area contributed by atoms with Crippen molar-refractivity contribution in [1.82, 2.24) is 15.2 Å². The van der Waals surface area contributed by atoms with Gasteiger partial charge >= 0.3 is 0 Å². The van der Waals surface area contributed by atoms with E-state index in [1.54, 1.807) is 11.3 Å². The summed E-state index contributed by atoms with van der Waals surface area (Å²) in [5.74, 6) is 1.36. The zero-order valence-corrected chi connectivity index (χ0v) is 14.0. The third-order valence-corrected chi connectivity index (χ3v) is 4.44. The quantitative estimate of drug-likeness (QED) is 0.794. The van der Waals surface area contributed by atoms with E-state index in [0.29, 0.717) is 12.0 Å². The second-order valence-electron chi connectivity index (χ2n) is 6.04. The predicted octanol–water partition coefficient (Wildman–Crippen LogP) is 3.15. The Hall–Kier alpha value is -0.450. The molecule has 2 unspecified atom stereocenters. The third-order valence-electron chi connectivity index (χ3n) is 3.62. The van der Waals surface area contributed by atoms with Crippen LogP contribution in [0.5, 0.6) is 0 Å². The van der Waals surface area contributed by atoms with Crippen molar-refractivity contribution in [2.24, 2.45) is 11.8 Å². The molecule has 0 amide bonds. The number of thiazole rings is 1. The molecule has 0 saturated heterocycles. The highest BCUT2D eigenvalue weighted by Gasteiger charge is 2.17. The maximum atomic E-state index is 4.54. The van der Waals surface area contributed by atoms with E-state index in [9.17, 15) is 0 Å². The van der Waals surface area contributed by atoms with Crippen molar-refractivity contribution in [3.8, 4) is 0 Å². The first-order valence-electron chi connectivity index (χ1n) is 7.22. The molecule has 1 N–H and O–H groups in total. The molecule has 110 valence electrons. The average molecular weight is 283 g/mol. The van der Waals surface area contributed by atoms with E-state index in [2.05, 4.69) is 62.2 Å². The standard InChI is InChI=1S/C15H29N3S/c1-11(2)7-16-8-12(3)13(4)18(6)9-15-10-19-14(5)17-15/h10-13,16H,7-9H2,1-6H3. The molecule has 1 aromatic heterocycles. The zero-order valence-electron chi connectivity index (χ0n) is 13.2. The number of aryl methyl sites for hydroxylation is 1. The third kappa shape index (κ3) is 6.02. The van der Waals surface area contributed by atoms with Crippen molar-refractivity contribution in [3.05, 3.63) is 16.1 Å². The molecule has 0 aliphatic rings. The summed E-state index contributed by atoms with van der Waals surface area (Å²) in [5, 5.41) is 6.87. The molecule has 3 nitrogen and oxygen atoms in total. The summed E-state index contributed by atoms with van der Waals surface area (Å²) in [6.07, 6.45) is 0. The molecule has 4 heteroatoms. The summed E-state index contributed by atoms with van der Waals surface area (Å²) in [6.45, 7) is 14.3. The largest absolute Gasteiger partial charge is 0.316 e. The molecule has 1 heterocycles. The maximum Gasteiger partial charge on any atom is 0.0897 e. The fourth-order valence-electron chi connectivity index (χ4n) is 2.09. The molecule has 0 aromatic carbocycles. The van der Waals surface area contributed by atoms with Gasteiger partial charge in [0.15, 0.2) is 0 Å². The number of nitrogens with one attached hydrogen (secondary N) is 1. The fourth-order valence-corrected chi connectivity index (χ4v) is 2.69. The fraction of sp³-hybridized carbons (Fsp3) is 0.800. The second-order valence-corrected chi connectivity index (χ2v) is 7.11. The van der Waals surface area contributed by atoms with Gasteiger partial charge in [0.25, 0.3) is 0 Å². The van der Waals surface area contributed by atoms with Crippen LogP contribution in [0.25, 0.3) is 0 Å². The molecule has 0 saturated carbocycles. The van der Waals surface area contributed by atoms with Gasteiger partial charge in [-0.25, -0.2) is 4.98 Å². The van der Waals surface area contributed by atoms with Crippen LogP contribution in [0, 0.1) is 18.8 Å². The van der Waals surface area contributed by atoms with Crippen LogP contribution in [0.1, 0.15) is 38.4 Å². The van der Waals surface area contributed by atoms with Crippen LogP contribution >= 0.6 is 11.3 Å². The lowest BCUT2D eigenvalue weighted by atomic mass is 10.0. The Labute approximate surface area is 122 Å². The Morgan fingerprint density at radius 1 is 1.26 bits per heavy atom. The van der Waals surface area contributed by atoms with Crippen LogP contribution in [-0.4, -0.2) is 36.1 Å². The normalized spacial score (nSPS) is 15.2. The molecule has 1 aromatic rings. The Balaban J connectivity index is 2.36. The number of aromatic nitrogens is 1. The van der Waals surface area contributed by atoms with Crippen LogP contribution in [0.3, 0.4) is 0 Å². The molecule has 0 bridgehead atoms. The summed E-state index contributed by atoms with van der Waals surface area (Å²) in [4.78, 5) is 6.94. The summed E-state index contributed by atoms with van der Waals surface area (Å²) in [5.41, 5.74) is 1.19. The van der Waals surface area contributed by atoms with Gasteiger partial charge in [0.1, 0.15) is 0 Å². The van der Waals surface area contributed by atoms with Crippen molar-refractivity contribution in [3.63, 3.8) is 0 Å². The molecular formula is C15H29N3S. The van der Waals surface area contributed by atoms with E-state index in [4.69, 9.17) is 0 Å². The highest BCUT2D eigenvalue weighted by atomic mass is 32.1. The van der Waals surface area contributed by atoms with Crippen LogP contribution in [0.4, 0.5) is 0 Å². The first-order chi connectivity index (χ1) is 8.90. The molecular weight excluding hydrogens is 254 g/mol. The predicted molar refractivity (Wildman–Crippen MR) is 84.7 cm³/mol. The number of nitrogens with zero attached hydrogens (tertiary/aromatic N) is 2. The number of hydrogen-bond donors (Lipinski definition) is 1. The highest BCUT2D eigenvalue weighted by Crippen LogP contribution is 2.14. The SMILES string of the molecule is Cc1nc(CN(C)C(C)C(C)CNCC(C)C)cs1. The van der Waals surface area contributed by atoms with Crippen LogP contribution < -0.4 is 5.32 Å². The zero-order chi connectivity index (χ0) is 14.4. The van der Waals surface area contributed by atoms with Gasteiger partial charge in [-0.05, 0) is 45.8 Å². The lowest BCUT2D eigenvalue weighted by Gasteiger charge is -2.29. The lowest BCUT2D eigenvalue weighted by molar-refractivity contribution is 0.186. The van der Waals surface area contributed by atoms with Gasteiger partial charge in [-0.15, -0.1) is 11.3 Å². The van der Waals surface area contributed by atoms with Crippen molar-refractivity contribution in [2.45, 2.75) is 47.2 Å². The van der Waals surface area contributed by atoms with Gasteiger partial charge < -0.3 is 5.32 Å². The van der Waals surface area contributed by atoms with Crippen molar-refractivity contribution in [1.29, 1.82) is 0 Å². The van der Waals surface area contributed by atoms with Gasteiger partial charge in [0, 0.05) is 18.0 Å². The first-order valence-corrected chi connectivity index (χ1v) is 8.10. The minimum atomic E-state index is 0.557. The van der Waals surface area contributed by atoms with Gasteiger partial charge in [-0.1, -0.05) is 20.8 Å². The molecule has 0 aliphatic heterocycles. The van der Waals surface area contributed by atoms with Gasteiger partial charge in [0.05, 0.1) is 10.7 Å². The van der Waals surface area contributed by atoms with E-state index in [-0.39, 0.29) is 0 Å². The van der Waals surface area contributed by atoms with Crippen LogP contribution in [0.15, 0.2) is 5.38 Å². The Kier molecular flexibility index (Phi) is 6.97. The summed E-state index contributed by atoms with van der Waals surface area (Å²) in [7, 11) is 2.19.